The number of amides is 1. The molecule has 0 heterocycles. The topological polar surface area (TPSA) is 123 Å². The van der Waals surface area contributed by atoms with E-state index in [1.54, 1.807) is 31.2 Å². The molecule has 27 heavy (non-hydrogen) atoms. The van der Waals surface area contributed by atoms with E-state index in [-0.39, 0.29) is 24.5 Å². The van der Waals surface area contributed by atoms with Gasteiger partial charge in [-0.1, -0.05) is 11.6 Å². The number of phenols is 1. The van der Waals surface area contributed by atoms with E-state index in [4.69, 9.17) is 21.1 Å². The number of carbonyl (C=O) groups excluding carboxylic acids is 1. The molecule has 0 saturated heterocycles. The molecule has 2 N–H and O–H groups in total. The van der Waals surface area contributed by atoms with Gasteiger partial charge in [0.15, 0.2) is 12.4 Å². The highest BCUT2D eigenvalue weighted by Crippen LogP contribution is 2.36. The van der Waals surface area contributed by atoms with Crippen molar-refractivity contribution in [3.05, 3.63) is 57.1 Å². The summed E-state index contributed by atoms with van der Waals surface area (Å²) < 4.78 is 10.4. The van der Waals surface area contributed by atoms with Crippen LogP contribution in [0.2, 0.25) is 5.02 Å². The first kappa shape index (κ1) is 20.0. The van der Waals surface area contributed by atoms with Crippen LogP contribution >= 0.6 is 11.6 Å². The molecule has 0 fully saturated rings. The Balaban J connectivity index is 1.99. The van der Waals surface area contributed by atoms with Crippen LogP contribution in [0.5, 0.6) is 17.2 Å². The molecule has 2 aromatic carbocycles. The van der Waals surface area contributed by atoms with Gasteiger partial charge < -0.3 is 14.6 Å². The molecule has 2 aromatic rings. The first-order valence-corrected chi connectivity index (χ1v) is 8.13. The Kier molecular flexibility index (Phi) is 6.95. The van der Waals surface area contributed by atoms with Crippen molar-refractivity contribution in [3.8, 4) is 17.2 Å². The molecule has 0 unspecified atom stereocenters. The van der Waals surface area contributed by atoms with E-state index in [0.717, 1.165) is 6.07 Å². The number of nitrogens with zero attached hydrogens (tertiary/aromatic N) is 2. The molecule has 1 amide bonds. The molecule has 0 spiro atoms. The van der Waals surface area contributed by atoms with Gasteiger partial charge in [-0.15, -0.1) is 0 Å². The van der Waals surface area contributed by atoms with Gasteiger partial charge in [-0.25, -0.2) is 5.43 Å². The molecule has 0 atom stereocenters. The minimum absolute atomic E-state index is 0.0504. The molecule has 0 aromatic heterocycles. The van der Waals surface area contributed by atoms with Crippen molar-refractivity contribution in [2.75, 3.05) is 13.2 Å². The summed E-state index contributed by atoms with van der Waals surface area (Å²) in [7, 11) is 0. The van der Waals surface area contributed by atoms with Crippen LogP contribution in [0.1, 0.15) is 12.5 Å². The van der Waals surface area contributed by atoms with Gasteiger partial charge in [0.25, 0.3) is 5.91 Å². The zero-order valence-electron chi connectivity index (χ0n) is 14.2. The van der Waals surface area contributed by atoms with Crippen LogP contribution in [0, 0.1) is 10.1 Å². The molecular weight excluding hydrogens is 378 g/mol. The number of phenolic OH excluding ortho intramolecular Hbond substituents is 1. The number of benzene rings is 2. The van der Waals surface area contributed by atoms with Gasteiger partial charge in [0.1, 0.15) is 5.75 Å². The number of halogens is 1. The summed E-state index contributed by atoms with van der Waals surface area (Å²) in [4.78, 5) is 22.0. The number of carbonyl (C=O) groups is 1. The number of nitrogens with one attached hydrogen (secondary N) is 1. The summed E-state index contributed by atoms with van der Waals surface area (Å²) in [5.41, 5.74) is 1.97. The van der Waals surface area contributed by atoms with Crippen molar-refractivity contribution in [1.29, 1.82) is 0 Å². The fraction of sp³-hybridized carbons (Fsp3) is 0.176. The van der Waals surface area contributed by atoms with E-state index in [0.29, 0.717) is 10.8 Å². The molecular formula is C17H16ClN3O6. The number of hydrazone groups is 1. The molecule has 10 heteroatoms. The summed E-state index contributed by atoms with van der Waals surface area (Å²) in [6.45, 7) is 1.61. The van der Waals surface area contributed by atoms with Crippen molar-refractivity contribution in [3.63, 3.8) is 0 Å². The second kappa shape index (κ2) is 9.39. The molecule has 0 saturated carbocycles. The minimum atomic E-state index is -0.742. The van der Waals surface area contributed by atoms with Crippen LogP contribution in [-0.2, 0) is 4.79 Å². The minimum Gasteiger partial charge on any atom is -0.500 e. The van der Waals surface area contributed by atoms with E-state index in [2.05, 4.69) is 10.5 Å². The van der Waals surface area contributed by atoms with Crippen LogP contribution < -0.4 is 14.9 Å². The third-order valence-electron chi connectivity index (χ3n) is 3.16. The number of aromatic hydroxyl groups is 1. The average molecular weight is 394 g/mol. The second-order valence-corrected chi connectivity index (χ2v) is 5.55. The molecule has 2 rings (SSSR count). The van der Waals surface area contributed by atoms with Crippen LogP contribution in [0.3, 0.4) is 0 Å². The van der Waals surface area contributed by atoms with Gasteiger partial charge >= 0.3 is 5.69 Å². The van der Waals surface area contributed by atoms with Crippen molar-refractivity contribution in [1.82, 2.24) is 5.43 Å². The maximum Gasteiger partial charge on any atom is 0.315 e. The van der Waals surface area contributed by atoms with E-state index >= 15 is 0 Å². The normalized spacial score (nSPS) is 10.6. The Morgan fingerprint density at radius 3 is 2.67 bits per heavy atom. The third kappa shape index (κ3) is 5.86. The lowest BCUT2D eigenvalue weighted by molar-refractivity contribution is -0.386. The first-order chi connectivity index (χ1) is 12.9. The van der Waals surface area contributed by atoms with E-state index in [1.807, 2.05) is 0 Å². The van der Waals surface area contributed by atoms with Gasteiger partial charge in [-0.2, -0.15) is 5.10 Å². The predicted molar refractivity (Wildman–Crippen MR) is 98.6 cm³/mol. The quantitative estimate of drug-likeness (QED) is 0.404. The molecule has 0 aliphatic carbocycles. The van der Waals surface area contributed by atoms with Crippen molar-refractivity contribution in [2.45, 2.75) is 6.92 Å². The van der Waals surface area contributed by atoms with Gasteiger partial charge in [0.05, 0.1) is 17.7 Å². The monoisotopic (exact) mass is 393 g/mol. The van der Waals surface area contributed by atoms with Crippen LogP contribution in [-0.4, -0.2) is 35.4 Å². The average Bonchev–Trinajstić information content (AvgIpc) is 2.63. The fourth-order valence-corrected chi connectivity index (χ4v) is 2.11. The number of rotatable bonds is 8. The zero-order chi connectivity index (χ0) is 19.8. The number of nitro benzene ring substituents is 1. The molecule has 142 valence electrons. The van der Waals surface area contributed by atoms with Gasteiger partial charge in [-0.3, -0.25) is 14.9 Å². The standard InChI is InChI=1S/C17H16ClN3O6/c1-2-26-15-8-11(7-14(17(15)23)21(24)25)9-19-20-16(22)10-27-13-5-3-12(18)4-6-13/h3-9,23H,2,10H2,1H3,(H,20,22)/b19-9+. The zero-order valence-corrected chi connectivity index (χ0v) is 15.0. The van der Waals surface area contributed by atoms with Crippen molar-refractivity contribution in [2.24, 2.45) is 5.10 Å². The fourth-order valence-electron chi connectivity index (χ4n) is 1.98. The lowest BCUT2D eigenvalue weighted by Gasteiger charge is -2.07. The second-order valence-electron chi connectivity index (χ2n) is 5.11. The highest BCUT2D eigenvalue weighted by Gasteiger charge is 2.19. The van der Waals surface area contributed by atoms with E-state index in [9.17, 15) is 20.0 Å². The highest BCUT2D eigenvalue weighted by atomic mass is 35.5. The Hall–Kier alpha value is -3.33. The molecule has 0 radical (unpaired) electrons. The van der Waals surface area contributed by atoms with Crippen molar-refractivity contribution < 1.29 is 24.3 Å². The Morgan fingerprint density at radius 1 is 1.33 bits per heavy atom. The first-order valence-electron chi connectivity index (χ1n) is 7.75. The predicted octanol–water partition coefficient (Wildman–Crippen LogP) is 2.88. The molecule has 0 aliphatic rings. The summed E-state index contributed by atoms with van der Waals surface area (Å²) in [6.07, 6.45) is 1.19. The number of ether oxygens (including phenoxy) is 2. The van der Waals surface area contributed by atoms with Crippen LogP contribution in [0.15, 0.2) is 41.5 Å². The number of hydrogen-bond donors (Lipinski definition) is 2. The van der Waals surface area contributed by atoms with Crippen LogP contribution in [0.25, 0.3) is 0 Å². The summed E-state index contributed by atoms with van der Waals surface area (Å²) in [5, 5.41) is 25.1. The SMILES string of the molecule is CCOc1cc(/C=N/NC(=O)COc2ccc(Cl)cc2)cc([N+](=O)[O-])c1O. The summed E-state index contributed by atoms with van der Waals surface area (Å²) in [6, 6.07) is 8.96. The lowest BCUT2D eigenvalue weighted by Crippen LogP contribution is -2.24. The van der Waals surface area contributed by atoms with Gasteiger partial charge in [0.2, 0.25) is 5.75 Å². The third-order valence-corrected chi connectivity index (χ3v) is 3.41. The van der Waals surface area contributed by atoms with Gasteiger partial charge in [0, 0.05) is 16.7 Å². The summed E-state index contributed by atoms with van der Waals surface area (Å²) >= 11 is 5.75. The van der Waals surface area contributed by atoms with E-state index in [1.165, 1.54) is 12.3 Å². The number of nitro groups is 1. The largest absolute Gasteiger partial charge is 0.500 e. The lowest BCUT2D eigenvalue weighted by atomic mass is 10.2. The van der Waals surface area contributed by atoms with Crippen molar-refractivity contribution >= 4 is 29.4 Å². The Bertz CT molecular complexity index is 854. The Labute approximate surface area is 159 Å². The molecule has 9 nitrogen and oxygen atoms in total. The van der Waals surface area contributed by atoms with Gasteiger partial charge in [-0.05, 0) is 37.3 Å². The van der Waals surface area contributed by atoms with Crippen LogP contribution in [0.4, 0.5) is 5.69 Å². The number of hydrogen-bond acceptors (Lipinski definition) is 7. The molecule has 0 bridgehead atoms. The Morgan fingerprint density at radius 2 is 2.04 bits per heavy atom. The molecule has 0 aliphatic heterocycles. The summed E-state index contributed by atoms with van der Waals surface area (Å²) in [5.74, 6) is -0.682. The van der Waals surface area contributed by atoms with E-state index < -0.39 is 22.3 Å². The maximum atomic E-state index is 11.7. The highest BCUT2D eigenvalue weighted by molar-refractivity contribution is 6.30. The smallest absolute Gasteiger partial charge is 0.315 e. The maximum absolute atomic E-state index is 11.7.